The Bertz CT molecular complexity index is 686. The lowest BCUT2D eigenvalue weighted by atomic mass is 10.0. The molecule has 3 nitrogen and oxygen atoms in total. The van der Waals surface area contributed by atoms with Crippen molar-refractivity contribution in [1.29, 1.82) is 0 Å². The van der Waals surface area contributed by atoms with Crippen LogP contribution in [-0.2, 0) is 11.2 Å². The average molecular weight is 372 g/mol. The van der Waals surface area contributed by atoms with Crippen LogP contribution in [0.4, 0.5) is 5.69 Å². The van der Waals surface area contributed by atoms with Crippen molar-refractivity contribution in [1.82, 2.24) is 5.32 Å². The van der Waals surface area contributed by atoms with Gasteiger partial charge in [0.2, 0.25) is 5.91 Å². The van der Waals surface area contributed by atoms with Gasteiger partial charge >= 0.3 is 0 Å². The topological polar surface area (TPSA) is 41.1 Å². The Kier molecular flexibility index (Phi) is 3.86. The van der Waals surface area contributed by atoms with Crippen molar-refractivity contribution >= 4 is 50.5 Å². The van der Waals surface area contributed by atoms with Gasteiger partial charge in [-0.2, -0.15) is 0 Å². The number of carbonyl (C=O) groups is 1. The standard InChI is InChI=1S/C14H12BrClN2OS/c1-17-14(11-2-3-12(15)20-11)8-4-7-5-13(19)18-10(7)6-9(8)16/h2-4,6,14,17H,5H2,1H3,(H,18,19). The van der Waals surface area contributed by atoms with Crippen LogP contribution in [0.1, 0.15) is 22.0 Å². The van der Waals surface area contributed by atoms with Gasteiger partial charge < -0.3 is 10.6 Å². The van der Waals surface area contributed by atoms with Gasteiger partial charge in [0.25, 0.3) is 0 Å². The van der Waals surface area contributed by atoms with E-state index >= 15 is 0 Å². The molecule has 0 fully saturated rings. The second-order valence-electron chi connectivity index (χ2n) is 4.62. The molecule has 2 N–H and O–H groups in total. The fraction of sp³-hybridized carbons (Fsp3) is 0.214. The van der Waals surface area contributed by atoms with Crippen molar-refractivity contribution < 1.29 is 4.79 Å². The second-order valence-corrected chi connectivity index (χ2v) is 7.52. The average Bonchev–Trinajstić information content (AvgIpc) is 2.96. The number of hydrogen-bond donors (Lipinski definition) is 2. The van der Waals surface area contributed by atoms with Crippen molar-refractivity contribution in [2.45, 2.75) is 12.5 Å². The Balaban J connectivity index is 2.05. The van der Waals surface area contributed by atoms with Crippen molar-refractivity contribution in [3.05, 3.63) is 49.1 Å². The maximum absolute atomic E-state index is 11.5. The molecule has 2 heterocycles. The molecule has 1 aromatic carbocycles. The monoisotopic (exact) mass is 370 g/mol. The first-order valence-electron chi connectivity index (χ1n) is 6.13. The van der Waals surface area contributed by atoms with E-state index in [4.69, 9.17) is 11.6 Å². The van der Waals surface area contributed by atoms with Crippen LogP contribution in [0.3, 0.4) is 0 Å². The minimum atomic E-state index is 0.0214. The van der Waals surface area contributed by atoms with Crippen molar-refractivity contribution in [3.8, 4) is 0 Å². The van der Waals surface area contributed by atoms with Gasteiger partial charge in [-0.15, -0.1) is 11.3 Å². The number of hydrogen-bond acceptors (Lipinski definition) is 3. The molecule has 0 saturated heterocycles. The number of carbonyl (C=O) groups excluding carboxylic acids is 1. The molecule has 0 bridgehead atoms. The molecule has 1 atom stereocenters. The number of anilines is 1. The molecule has 6 heteroatoms. The third-order valence-corrected chi connectivity index (χ3v) is 5.34. The Morgan fingerprint density at radius 1 is 1.45 bits per heavy atom. The zero-order valence-corrected chi connectivity index (χ0v) is 13.8. The van der Waals surface area contributed by atoms with Crippen LogP contribution in [0.2, 0.25) is 5.02 Å². The van der Waals surface area contributed by atoms with Crippen molar-refractivity contribution in [3.63, 3.8) is 0 Å². The molecule has 0 aliphatic carbocycles. The number of amides is 1. The largest absolute Gasteiger partial charge is 0.325 e. The minimum absolute atomic E-state index is 0.0214. The number of fused-ring (bicyclic) bond motifs is 1. The van der Waals surface area contributed by atoms with Crippen LogP contribution >= 0.6 is 38.9 Å². The van der Waals surface area contributed by atoms with Gasteiger partial charge in [0.15, 0.2) is 0 Å². The van der Waals surface area contributed by atoms with E-state index < -0.39 is 0 Å². The highest BCUT2D eigenvalue weighted by Gasteiger charge is 2.23. The fourth-order valence-corrected chi connectivity index (χ4v) is 4.25. The van der Waals surface area contributed by atoms with E-state index in [1.807, 2.05) is 25.2 Å². The zero-order valence-electron chi connectivity index (χ0n) is 10.7. The van der Waals surface area contributed by atoms with E-state index in [0.717, 1.165) is 20.6 Å². The van der Waals surface area contributed by atoms with E-state index in [9.17, 15) is 4.79 Å². The zero-order chi connectivity index (χ0) is 14.3. The van der Waals surface area contributed by atoms with E-state index in [1.54, 1.807) is 11.3 Å². The Morgan fingerprint density at radius 2 is 2.25 bits per heavy atom. The highest BCUT2D eigenvalue weighted by molar-refractivity contribution is 9.11. The second kappa shape index (κ2) is 5.48. The van der Waals surface area contributed by atoms with Gasteiger partial charge in [-0.1, -0.05) is 11.6 Å². The summed E-state index contributed by atoms with van der Waals surface area (Å²) in [5.41, 5.74) is 2.83. The first kappa shape index (κ1) is 14.1. The lowest BCUT2D eigenvalue weighted by molar-refractivity contribution is -0.115. The maximum atomic E-state index is 11.5. The third kappa shape index (κ3) is 2.51. The van der Waals surface area contributed by atoms with Gasteiger partial charge in [-0.25, -0.2) is 0 Å². The van der Waals surface area contributed by atoms with Gasteiger partial charge in [-0.05, 0) is 58.4 Å². The molecular formula is C14H12BrClN2OS. The molecule has 1 aliphatic rings. The van der Waals surface area contributed by atoms with Gasteiger partial charge in [0, 0.05) is 15.6 Å². The number of halogens is 2. The summed E-state index contributed by atoms with van der Waals surface area (Å²) in [7, 11) is 1.91. The summed E-state index contributed by atoms with van der Waals surface area (Å²) in [5.74, 6) is 0.0214. The fourth-order valence-electron chi connectivity index (χ4n) is 2.42. The van der Waals surface area contributed by atoms with Crippen LogP contribution < -0.4 is 10.6 Å². The summed E-state index contributed by atoms with van der Waals surface area (Å²) in [4.78, 5) is 12.6. The molecule has 1 aliphatic heterocycles. The van der Waals surface area contributed by atoms with E-state index in [2.05, 4.69) is 32.6 Å². The van der Waals surface area contributed by atoms with Crippen molar-refractivity contribution in [2.75, 3.05) is 12.4 Å². The van der Waals surface area contributed by atoms with E-state index in [0.29, 0.717) is 11.4 Å². The normalized spacial score (nSPS) is 15.1. The molecule has 1 aromatic heterocycles. The van der Waals surface area contributed by atoms with Crippen LogP contribution in [-0.4, -0.2) is 13.0 Å². The molecule has 3 rings (SSSR count). The molecule has 0 radical (unpaired) electrons. The Labute approximate surface area is 134 Å². The van der Waals surface area contributed by atoms with Crippen LogP contribution in [0.15, 0.2) is 28.1 Å². The van der Waals surface area contributed by atoms with Crippen LogP contribution in [0.5, 0.6) is 0 Å². The summed E-state index contributed by atoms with van der Waals surface area (Å²) in [6.45, 7) is 0. The molecular weight excluding hydrogens is 360 g/mol. The highest BCUT2D eigenvalue weighted by atomic mass is 79.9. The first-order chi connectivity index (χ1) is 9.58. The lowest BCUT2D eigenvalue weighted by Gasteiger charge is -2.18. The highest BCUT2D eigenvalue weighted by Crippen LogP contribution is 2.37. The summed E-state index contributed by atoms with van der Waals surface area (Å²) < 4.78 is 1.09. The molecule has 0 saturated carbocycles. The molecule has 104 valence electrons. The lowest BCUT2D eigenvalue weighted by Crippen LogP contribution is -2.17. The summed E-state index contributed by atoms with van der Waals surface area (Å²) in [6.07, 6.45) is 0.421. The maximum Gasteiger partial charge on any atom is 0.228 e. The SMILES string of the molecule is CNC(c1ccc(Br)s1)c1cc2c(cc1Cl)NC(=O)C2. The third-order valence-electron chi connectivity index (χ3n) is 3.33. The van der Waals surface area contributed by atoms with Gasteiger partial charge in [0.1, 0.15) is 0 Å². The van der Waals surface area contributed by atoms with Gasteiger partial charge in [0.05, 0.1) is 16.2 Å². The first-order valence-corrected chi connectivity index (χ1v) is 8.12. The molecule has 2 aromatic rings. The quantitative estimate of drug-likeness (QED) is 0.857. The van der Waals surface area contributed by atoms with E-state index in [-0.39, 0.29) is 11.9 Å². The van der Waals surface area contributed by atoms with Crippen molar-refractivity contribution in [2.24, 2.45) is 0 Å². The summed E-state index contributed by atoms with van der Waals surface area (Å²) >= 11 is 11.5. The van der Waals surface area contributed by atoms with Crippen LogP contribution in [0.25, 0.3) is 0 Å². The number of benzene rings is 1. The molecule has 20 heavy (non-hydrogen) atoms. The summed E-state index contributed by atoms with van der Waals surface area (Å²) in [6, 6.07) is 7.98. The number of nitrogens with one attached hydrogen (secondary N) is 2. The number of thiophene rings is 1. The van der Waals surface area contributed by atoms with Gasteiger partial charge in [-0.3, -0.25) is 4.79 Å². The smallest absolute Gasteiger partial charge is 0.228 e. The Hall–Kier alpha value is -0.880. The Morgan fingerprint density at radius 3 is 2.90 bits per heavy atom. The molecule has 0 spiro atoms. The molecule has 1 amide bonds. The predicted octanol–water partition coefficient (Wildman–Crippen LogP) is 3.97. The summed E-state index contributed by atoms with van der Waals surface area (Å²) in [5, 5.41) is 6.77. The molecule has 1 unspecified atom stereocenters. The number of rotatable bonds is 3. The minimum Gasteiger partial charge on any atom is -0.325 e. The predicted molar refractivity (Wildman–Crippen MR) is 86.7 cm³/mol. The van der Waals surface area contributed by atoms with Crippen LogP contribution in [0, 0.1) is 0 Å². The van der Waals surface area contributed by atoms with E-state index in [1.165, 1.54) is 4.88 Å².